The van der Waals surface area contributed by atoms with Gasteiger partial charge in [-0.05, 0) is 56.2 Å². The van der Waals surface area contributed by atoms with Gasteiger partial charge in [0, 0.05) is 10.9 Å². The fraction of sp³-hybridized carbons (Fsp3) is 0.333. The Balaban J connectivity index is 2.07. The molecule has 0 spiro atoms. The summed E-state index contributed by atoms with van der Waals surface area (Å²) in [6.45, 7) is 5.57. The Morgan fingerprint density at radius 2 is 2.09 bits per heavy atom. The molecular weight excluding hydrogens is 526 g/mol. The molecule has 0 aliphatic heterocycles. The van der Waals surface area contributed by atoms with Gasteiger partial charge in [-0.3, -0.25) is 4.79 Å². The van der Waals surface area contributed by atoms with E-state index in [9.17, 15) is 9.59 Å². The molecule has 3 rings (SSSR count). The summed E-state index contributed by atoms with van der Waals surface area (Å²) in [6.07, 6.45) is 2.78. The van der Waals surface area contributed by atoms with Gasteiger partial charge in [0.1, 0.15) is 5.82 Å². The minimum Gasteiger partial charge on any atom is -0.490 e. The lowest BCUT2D eigenvalue weighted by atomic mass is 10.2. The van der Waals surface area contributed by atoms with E-state index in [-0.39, 0.29) is 22.1 Å². The van der Waals surface area contributed by atoms with Gasteiger partial charge in [0.05, 0.1) is 28.7 Å². The van der Waals surface area contributed by atoms with Crippen LogP contribution in [0.25, 0.3) is 10.9 Å². The standard InChI is InChI=1S/C24H25BrClN3O5/c1-4-6-7-21-28-19-9-8-16(25)12-17(19)23(30)29(21)27-13-15-10-18(26)22(20(11-15)33-5-2)34-14(3)24(31)32/h8-14H,4-7H2,1-3H3,(H,31,32)/t14-/m1/s1. The maximum absolute atomic E-state index is 13.2. The molecule has 1 heterocycles. The zero-order valence-corrected chi connectivity index (χ0v) is 21.4. The van der Waals surface area contributed by atoms with Crippen molar-refractivity contribution in [1.29, 1.82) is 0 Å². The molecular formula is C24H25BrClN3O5. The lowest BCUT2D eigenvalue weighted by Crippen LogP contribution is -2.23. The first kappa shape index (κ1) is 25.7. The quantitative estimate of drug-likeness (QED) is 0.344. The van der Waals surface area contributed by atoms with Gasteiger partial charge in [0.25, 0.3) is 5.56 Å². The van der Waals surface area contributed by atoms with Crippen LogP contribution in [0.3, 0.4) is 0 Å². The molecule has 3 aromatic rings. The number of hydrogen-bond acceptors (Lipinski definition) is 6. The third-order valence-electron chi connectivity index (χ3n) is 4.93. The highest BCUT2D eigenvalue weighted by molar-refractivity contribution is 9.10. The number of carboxylic acids is 1. The van der Waals surface area contributed by atoms with Crippen LogP contribution in [-0.4, -0.2) is 39.7 Å². The molecule has 10 heteroatoms. The number of unbranched alkanes of at least 4 members (excludes halogenated alkanes) is 1. The third kappa shape index (κ3) is 5.95. The summed E-state index contributed by atoms with van der Waals surface area (Å²) in [4.78, 5) is 29.1. The van der Waals surface area contributed by atoms with Crippen molar-refractivity contribution in [2.75, 3.05) is 6.61 Å². The number of carbonyl (C=O) groups is 1. The van der Waals surface area contributed by atoms with Gasteiger partial charge in [0.15, 0.2) is 17.6 Å². The van der Waals surface area contributed by atoms with Gasteiger partial charge in [-0.1, -0.05) is 40.9 Å². The number of fused-ring (bicyclic) bond motifs is 1. The first-order chi connectivity index (χ1) is 16.2. The van der Waals surface area contributed by atoms with Gasteiger partial charge in [-0.25, -0.2) is 9.78 Å². The number of ether oxygens (including phenoxy) is 2. The van der Waals surface area contributed by atoms with Crippen molar-refractivity contribution in [2.45, 2.75) is 46.1 Å². The summed E-state index contributed by atoms with van der Waals surface area (Å²) >= 11 is 9.78. The second-order valence-electron chi connectivity index (χ2n) is 7.52. The molecule has 1 N–H and O–H groups in total. The highest BCUT2D eigenvalue weighted by atomic mass is 79.9. The molecule has 34 heavy (non-hydrogen) atoms. The van der Waals surface area contributed by atoms with Crippen molar-refractivity contribution in [3.8, 4) is 11.5 Å². The van der Waals surface area contributed by atoms with Crippen molar-refractivity contribution in [2.24, 2.45) is 5.10 Å². The molecule has 180 valence electrons. The first-order valence-electron chi connectivity index (χ1n) is 10.9. The first-order valence-corrected chi connectivity index (χ1v) is 12.0. The van der Waals surface area contributed by atoms with Crippen LogP contribution in [0.5, 0.6) is 11.5 Å². The molecule has 1 atom stereocenters. The Morgan fingerprint density at radius 3 is 2.76 bits per heavy atom. The molecule has 1 aromatic heterocycles. The number of aromatic nitrogens is 2. The minimum atomic E-state index is -1.13. The van der Waals surface area contributed by atoms with E-state index >= 15 is 0 Å². The summed E-state index contributed by atoms with van der Waals surface area (Å²) in [5.41, 5.74) is 0.882. The van der Waals surface area contributed by atoms with Crippen LogP contribution in [-0.2, 0) is 11.2 Å². The number of rotatable bonds is 10. The lowest BCUT2D eigenvalue weighted by molar-refractivity contribution is -0.144. The number of benzene rings is 2. The predicted octanol–water partition coefficient (Wildman–Crippen LogP) is 5.29. The summed E-state index contributed by atoms with van der Waals surface area (Å²) in [6, 6.07) is 8.57. The molecule has 0 aliphatic rings. The molecule has 0 bridgehead atoms. The Bertz CT molecular complexity index is 1290. The largest absolute Gasteiger partial charge is 0.490 e. The van der Waals surface area contributed by atoms with E-state index in [1.165, 1.54) is 17.8 Å². The van der Waals surface area contributed by atoms with Crippen LogP contribution in [0, 0.1) is 0 Å². The number of aryl methyl sites for hydroxylation is 1. The second-order valence-corrected chi connectivity index (χ2v) is 8.84. The third-order valence-corrected chi connectivity index (χ3v) is 5.70. The van der Waals surface area contributed by atoms with Crippen LogP contribution in [0.1, 0.15) is 45.0 Å². The van der Waals surface area contributed by atoms with E-state index in [0.717, 1.165) is 17.3 Å². The SMILES string of the molecule is CCCCc1nc2ccc(Br)cc2c(=O)n1N=Cc1cc(Cl)c(O[C@H](C)C(=O)O)c(OCC)c1. The molecule has 2 aromatic carbocycles. The zero-order chi connectivity index (χ0) is 24.8. The van der Waals surface area contributed by atoms with Gasteiger partial charge in [0.2, 0.25) is 0 Å². The van der Waals surface area contributed by atoms with Crippen molar-refractivity contribution < 1.29 is 19.4 Å². The summed E-state index contributed by atoms with van der Waals surface area (Å²) in [5, 5.41) is 14.2. The van der Waals surface area contributed by atoms with Crippen molar-refractivity contribution in [1.82, 2.24) is 9.66 Å². The number of nitrogens with zero attached hydrogens (tertiary/aromatic N) is 3. The second kappa shape index (κ2) is 11.5. The Kier molecular flexibility index (Phi) is 8.68. The van der Waals surface area contributed by atoms with Crippen LogP contribution >= 0.6 is 27.5 Å². The van der Waals surface area contributed by atoms with E-state index in [0.29, 0.717) is 35.3 Å². The molecule has 0 saturated carbocycles. The molecule has 0 fully saturated rings. The Morgan fingerprint density at radius 1 is 1.32 bits per heavy atom. The monoisotopic (exact) mass is 549 g/mol. The zero-order valence-electron chi connectivity index (χ0n) is 19.0. The molecule has 0 radical (unpaired) electrons. The fourth-order valence-electron chi connectivity index (χ4n) is 3.20. The smallest absolute Gasteiger partial charge is 0.344 e. The molecule has 0 amide bonds. The van der Waals surface area contributed by atoms with Crippen molar-refractivity contribution in [3.63, 3.8) is 0 Å². The summed E-state index contributed by atoms with van der Waals surface area (Å²) < 4.78 is 13.2. The summed E-state index contributed by atoms with van der Waals surface area (Å²) in [5.74, 6) is -0.153. The highest BCUT2D eigenvalue weighted by Crippen LogP contribution is 2.37. The summed E-state index contributed by atoms with van der Waals surface area (Å²) in [7, 11) is 0. The Hall–Kier alpha value is -2.91. The predicted molar refractivity (Wildman–Crippen MR) is 136 cm³/mol. The number of hydrogen-bond donors (Lipinski definition) is 1. The minimum absolute atomic E-state index is 0.133. The van der Waals surface area contributed by atoms with Gasteiger partial charge < -0.3 is 14.6 Å². The maximum Gasteiger partial charge on any atom is 0.344 e. The van der Waals surface area contributed by atoms with Crippen molar-refractivity contribution >= 4 is 50.6 Å². The van der Waals surface area contributed by atoms with Crippen LogP contribution in [0.4, 0.5) is 0 Å². The van der Waals surface area contributed by atoms with E-state index in [2.05, 4.69) is 32.9 Å². The number of halogens is 2. The molecule has 0 saturated heterocycles. The van der Waals surface area contributed by atoms with E-state index < -0.39 is 12.1 Å². The van der Waals surface area contributed by atoms with Crippen molar-refractivity contribution in [3.05, 3.63) is 61.6 Å². The normalized spacial score (nSPS) is 12.3. The number of carboxylic acid groups (broad SMARTS) is 1. The lowest BCUT2D eigenvalue weighted by Gasteiger charge is -2.16. The van der Waals surface area contributed by atoms with E-state index in [1.807, 2.05) is 6.07 Å². The maximum atomic E-state index is 13.2. The Labute approximate surface area is 210 Å². The average molecular weight is 551 g/mol. The average Bonchev–Trinajstić information content (AvgIpc) is 2.79. The molecule has 0 aliphatic carbocycles. The van der Waals surface area contributed by atoms with Gasteiger partial charge >= 0.3 is 5.97 Å². The van der Waals surface area contributed by atoms with E-state index in [4.69, 9.17) is 26.2 Å². The molecule has 8 nitrogen and oxygen atoms in total. The van der Waals surface area contributed by atoms with Gasteiger partial charge in [-0.15, -0.1) is 0 Å². The topological polar surface area (TPSA) is 103 Å². The van der Waals surface area contributed by atoms with Crippen LogP contribution < -0.4 is 15.0 Å². The highest BCUT2D eigenvalue weighted by Gasteiger charge is 2.19. The molecule has 0 unspecified atom stereocenters. The van der Waals surface area contributed by atoms with Gasteiger partial charge in [-0.2, -0.15) is 9.78 Å². The van der Waals surface area contributed by atoms with Crippen LogP contribution in [0.2, 0.25) is 5.02 Å². The van der Waals surface area contributed by atoms with Crippen LogP contribution in [0.15, 0.2) is 44.7 Å². The number of aliphatic carboxylic acids is 1. The fourth-order valence-corrected chi connectivity index (χ4v) is 3.83. The van der Waals surface area contributed by atoms with E-state index in [1.54, 1.807) is 31.2 Å².